The third kappa shape index (κ3) is 2.88. The summed E-state index contributed by atoms with van der Waals surface area (Å²) in [5.41, 5.74) is 0.539. The van der Waals surface area contributed by atoms with E-state index in [4.69, 9.17) is 0 Å². The number of rotatable bonds is 1. The Labute approximate surface area is 178 Å². The second-order valence-electron chi connectivity index (χ2n) is 9.31. The Kier molecular flexibility index (Phi) is 4.37. The molecule has 0 amide bonds. The normalized spacial score (nSPS) is 32.6. The summed E-state index contributed by atoms with van der Waals surface area (Å²) in [6.07, 6.45) is -0.434. The molecule has 0 radical (unpaired) electrons. The van der Waals surface area contributed by atoms with E-state index in [9.17, 15) is 23.1 Å². The van der Waals surface area contributed by atoms with Crippen molar-refractivity contribution in [1.29, 1.82) is 0 Å². The Bertz CT molecular complexity index is 1110. The minimum Gasteiger partial charge on any atom is -0.377 e. The SMILES string of the molecule is Cc1ccc(C)n1C1C=CC2(C1)[C@@H](C)C1Cn3c(cc(C(F)(F)F)cc3=O)CN1[C@@H]2O. The van der Waals surface area contributed by atoms with Gasteiger partial charge in [0.1, 0.15) is 6.23 Å². The summed E-state index contributed by atoms with van der Waals surface area (Å²) in [4.78, 5) is 14.3. The van der Waals surface area contributed by atoms with Gasteiger partial charge in [-0.25, -0.2) is 0 Å². The number of allylic oxidation sites excluding steroid dienone is 1. The minimum absolute atomic E-state index is 0.0438. The van der Waals surface area contributed by atoms with Gasteiger partial charge < -0.3 is 14.2 Å². The highest BCUT2D eigenvalue weighted by atomic mass is 19.4. The van der Waals surface area contributed by atoms with E-state index in [2.05, 4.69) is 49.6 Å². The molecule has 8 heteroatoms. The first kappa shape index (κ1) is 20.6. The number of aliphatic hydroxyl groups is 1. The van der Waals surface area contributed by atoms with Crippen LogP contribution < -0.4 is 5.56 Å². The van der Waals surface area contributed by atoms with Gasteiger partial charge in [-0.15, -0.1) is 0 Å². The average Bonchev–Trinajstić information content (AvgIpc) is 3.33. The molecule has 1 N–H and O–H groups in total. The lowest BCUT2D eigenvalue weighted by molar-refractivity contribution is -0.138. The molecular formula is C23H26F3N3O2. The molecule has 0 bridgehead atoms. The van der Waals surface area contributed by atoms with Gasteiger partial charge in [-0.2, -0.15) is 13.2 Å². The van der Waals surface area contributed by atoms with Gasteiger partial charge in [-0.1, -0.05) is 19.1 Å². The molecule has 2 aliphatic heterocycles. The third-order valence-electron chi connectivity index (χ3n) is 7.75. The fourth-order valence-electron chi connectivity index (χ4n) is 6.06. The van der Waals surface area contributed by atoms with Gasteiger partial charge in [-0.05, 0) is 44.4 Å². The predicted molar refractivity (Wildman–Crippen MR) is 109 cm³/mol. The van der Waals surface area contributed by atoms with Crippen LogP contribution in [0.15, 0.2) is 41.2 Å². The average molecular weight is 433 g/mol. The van der Waals surface area contributed by atoms with Crippen molar-refractivity contribution in [1.82, 2.24) is 14.0 Å². The van der Waals surface area contributed by atoms with Crippen molar-refractivity contribution >= 4 is 0 Å². The molecule has 3 aliphatic rings. The first-order valence-electron chi connectivity index (χ1n) is 10.6. The van der Waals surface area contributed by atoms with Crippen molar-refractivity contribution in [2.75, 3.05) is 0 Å². The van der Waals surface area contributed by atoms with Crippen LogP contribution in [0.2, 0.25) is 0 Å². The summed E-state index contributed by atoms with van der Waals surface area (Å²) in [5.74, 6) is 0.0438. The van der Waals surface area contributed by atoms with Gasteiger partial charge >= 0.3 is 6.18 Å². The summed E-state index contributed by atoms with van der Waals surface area (Å²) in [5, 5.41) is 11.4. The fourth-order valence-corrected chi connectivity index (χ4v) is 6.06. The molecule has 5 rings (SSSR count). The Morgan fingerprint density at radius 1 is 1.16 bits per heavy atom. The molecule has 31 heavy (non-hydrogen) atoms. The molecule has 2 aromatic heterocycles. The summed E-state index contributed by atoms with van der Waals surface area (Å²) >= 11 is 0. The van der Waals surface area contributed by atoms with E-state index < -0.39 is 28.9 Å². The van der Waals surface area contributed by atoms with Crippen LogP contribution in [0.4, 0.5) is 13.2 Å². The Balaban J connectivity index is 1.48. The number of nitrogens with zero attached hydrogens (tertiary/aromatic N) is 3. The quantitative estimate of drug-likeness (QED) is 0.699. The number of aliphatic hydroxyl groups excluding tert-OH is 1. The molecule has 0 aromatic carbocycles. The van der Waals surface area contributed by atoms with Gasteiger partial charge in [0.25, 0.3) is 5.56 Å². The summed E-state index contributed by atoms with van der Waals surface area (Å²) in [6, 6.07) is 5.87. The zero-order valence-corrected chi connectivity index (χ0v) is 17.7. The molecule has 1 fully saturated rings. The van der Waals surface area contributed by atoms with Crippen LogP contribution in [-0.4, -0.2) is 31.4 Å². The Hall–Kier alpha value is -2.32. The van der Waals surface area contributed by atoms with Crippen molar-refractivity contribution in [3.63, 3.8) is 0 Å². The first-order valence-corrected chi connectivity index (χ1v) is 10.6. The predicted octanol–water partition coefficient (Wildman–Crippen LogP) is 3.63. The number of aryl methyl sites for hydroxylation is 2. The van der Waals surface area contributed by atoms with Crippen molar-refractivity contribution in [3.05, 3.63) is 69.4 Å². The van der Waals surface area contributed by atoms with Gasteiger partial charge in [0.2, 0.25) is 0 Å². The van der Waals surface area contributed by atoms with Crippen LogP contribution in [0, 0.1) is 25.2 Å². The minimum atomic E-state index is -4.57. The van der Waals surface area contributed by atoms with Crippen LogP contribution in [0.3, 0.4) is 0 Å². The third-order valence-corrected chi connectivity index (χ3v) is 7.75. The van der Waals surface area contributed by atoms with Crippen molar-refractivity contribution in [2.24, 2.45) is 11.3 Å². The van der Waals surface area contributed by atoms with E-state index >= 15 is 0 Å². The number of aromatic nitrogens is 2. The molecule has 2 aromatic rings. The zero-order chi connectivity index (χ0) is 22.3. The van der Waals surface area contributed by atoms with E-state index in [1.165, 1.54) is 4.57 Å². The number of pyridine rings is 1. The molecule has 1 spiro atoms. The number of hydrogen-bond acceptors (Lipinski definition) is 3. The molecule has 0 saturated carbocycles. The van der Waals surface area contributed by atoms with Gasteiger partial charge in [0, 0.05) is 47.7 Å². The molecule has 1 aliphatic carbocycles. The van der Waals surface area contributed by atoms with E-state index in [-0.39, 0.29) is 31.1 Å². The van der Waals surface area contributed by atoms with Crippen molar-refractivity contribution < 1.29 is 18.3 Å². The topological polar surface area (TPSA) is 50.4 Å². The molecular weight excluding hydrogens is 407 g/mol. The highest BCUT2D eigenvalue weighted by molar-refractivity contribution is 5.28. The van der Waals surface area contributed by atoms with Crippen LogP contribution in [0.5, 0.6) is 0 Å². The maximum atomic E-state index is 13.2. The van der Waals surface area contributed by atoms with Crippen LogP contribution in [-0.2, 0) is 19.3 Å². The van der Waals surface area contributed by atoms with Gasteiger partial charge in [-0.3, -0.25) is 9.69 Å². The monoisotopic (exact) mass is 433 g/mol. The lowest BCUT2D eigenvalue weighted by Gasteiger charge is -2.35. The van der Waals surface area contributed by atoms with Crippen molar-refractivity contribution in [3.8, 4) is 0 Å². The maximum absolute atomic E-state index is 13.2. The number of hydrogen-bond donors (Lipinski definition) is 1. The van der Waals surface area contributed by atoms with E-state index in [1.807, 2.05) is 4.90 Å². The van der Waals surface area contributed by atoms with Crippen LogP contribution in [0.1, 0.15) is 42.0 Å². The second-order valence-corrected chi connectivity index (χ2v) is 9.31. The standard InChI is InChI=1S/C23H26F3N3O2/c1-13-4-5-14(2)29(13)17-6-7-22(10-17)15(3)19-12-27-18(11-28(19)21(22)31)8-16(9-20(27)30)23(24,25)26/h4-9,15,17,19,21,31H,10-12H2,1-3H3/t15-,17?,19?,21+,22?/m0/s1. The molecule has 5 atom stereocenters. The lowest BCUT2D eigenvalue weighted by atomic mass is 9.74. The fraction of sp³-hybridized carbons (Fsp3) is 0.522. The lowest BCUT2D eigenvalue weighted by Crippen LogP contribution is -2.47. The second kappa shape index (κ2) is 6.59. The molecule has 4 heterocycles. The van der Waals surface area contributed by atoms with Gasteiger partial charge in [0.15, 0.2) is 0 Å². The number of fused-ring (bicyclic) bond motifs is 2. The highest BCUT2D eigenvalue weighted by Gasteiger charge is 2.58. The zero-order valence-electron chi connectivity index (χ0n) is 17.7. The molecule has 166 valence electrons. The molecule has 3 unspecified atom stereocenters. The largest absolute Gasteiger partial charge is 0.416 e. The summed E-state index contributed by atoms with van der Waals surface area (Å²) in [7, 11) is 0. The first-order chi connectivity index (χ1) is 14.5. The Morgan fingerprint density at radius 3 is 2.48 bits per heavy atom. The molecule has 1 saturated heterocycles. The number of alkyl halides is 3. The Morgan fingerprint density at radius 2 is 1.84 bits per heavy atom. The highest BCUT2D eigenvalue weighted by Crippen LogP contribution is 2.55. The van der Waals surface area contributed by atoms with E-state index in [1.54, 1.807) is 0 Å². The van der Waals surface area contributed by atoms with Crippen LogP contribution in [0.25, 0.3) is 0 Å². The van der Waals surface area contributed by atoms with Crippen LogP contribution >= 0.6 is 0 Å². The van der Waals surface area contributed by atoms with E-state index in [0.717, 1.165) is 23.9 Å². The molecule has 5 nitrogen and oxygen atoms in total. The smallest absolute Gasteiger partial charge is 0.377 e. The summed E-state index contributed by atoms with van der Waals surface area (Å²) in [6.45, 7) is 6.61. The van der Waals surface area contributed by atoms with Crippen molar-refractivity contribution in [2.45, 2.75) is 64.8 Å². The summed E-state index contributed by atoms with van der Waals surface area (Å²) < 4.78 is 43.3. The van der Waals surface area contributed by atoms with E-state index in [0.29, 0.717) is 11.8 Å². The number of halogens is 3. The van der Waals surface area contributed by atoms with Gasteiger partial charge in [0.05, 0.1) is 11.6 Å². The maximum Gasteiger partial charge on any atom is 0.416 e.